The quantitative estimate of drug-likeness (QED) is 0.814. The van der Waals surface area contributed by atoms with Gasteiger partial charge < -0.3 is 9.47 Å². The number of imide groups is 1. The van der Waals surface area contributed by atoms with Crippen LogP contribution in [0.25, 0.3) is 11.0 Å². The monoisotopic (exact) mass is 320 g/mol. The van der Waals surface area contributed by atoms with Gasteiger partial charge in [0.05, 0.1) is 17.7 Å². The molecule has 1 aromatic carbocycles. The molecule has 23 heavy (non-hydrogen) atoms. The van der Waals surface area contributed by atoms with Crippen LogP contribution < -0.4 is 5.32 Å². The van der Waals surface area contributed by atoms with Crippen molar-refractivity contribution in [1.29, 1.82) is 0 Å². The Morgan fingerprint density at radius 3 is 2.70 bits per heavy atom. The maximum Gasteiger partial charge on any atom is 0.413 e. The number of nitrogens with one attached hydrogen (secondary N) is 1. The normalized spacial score (nSPS) is 10.3. The minimum atomic E-state index is -0.883. The first-order valence-corrected chi connectivity index (χ1v) is 7.02. The van der Waals surface area contributed by atoms with Crippen LogP contribution in [-0.4, -0.2) is 46.2 Å². The number of nitrogens with zero attached hydrogens (tertiary/aromatic N) is 3. The Bertz CT molecular complexity index is 740. The van der Waals surface area contributed by atoms with Crippen LogP contribution in [0.2, 0.25) is 0 Å². The number of hydrogen-bond acceptors (Lipinski definition) is 7. The maximum atomic E-state index is 11.9. The summed E-state index contributed by atoms with van der Waals surface area (Å²) in [5, 5.41) is 9.82. The highest BCUT2D eigenvalue weighted by Gasteiger charge is 2.14. The molecule has 0 bridgehead atoms. The number of rotatable bonds is 5. The third-order valence-electron chi connectivity index (χ3n) is 2.90. The van der Waals surface area contributed by atoms with Crippen molar-refractivity contribution in [3.8, 4) is 0 Å². The Balaban J connectivity index is 1.95. The number of aryl methyl sites for hydroxylation is 1. The van der Waals surface area contributed by atoms with E-state index in [1.165, 1.54) is 6.07 Å². The van der Waals surface area contributed by atoms with Crippen molar-refractivity contribution in [2.75, 3.05) is 13.2 Å². The highest BCUT2D eigenvalue weighted by Crippen LogP contribution is 2.14. The molecule has 0 aliphatic heterocycles. The Morgan fingerprint density at radius 2 is 2.00 bits per heavy atom. The molecule has 0 spiro atoms. The van der Waals surface area contributed by atoms with Crippen molar-refractivity contribution in [2.45, 2.75) is 20.4 Å². The van der Waals surface area contributed by atoms with Crippen LogP contribution in [0.3, 0.4) is 0 Å². The molecule has 0 saturated heterocycles. The molecule has 9 heteroatoms. The zero-order valence-corrected chi connectivity index (χ0v) is 12.7. The second-order valence-corrected chi connectivity index (χ2v) is 4.45. The first-order chi connectivity index (χ1) is 11.0. The molecule has 0 fully saturated rings. The summed E-state index contributed by atoms with van der Waals surface area (Å²) in [6, 6.07) is 4.79. The van der Waals surface area contributed by atoms with Gasteiger partial charge in [0.25, 0.3) is 5.91 Å². The number of esters is 1. The van der Waals surface area contributed by atoms with Crippen molar-refractivity contribution < 1.29 is 23.9 Å². The van der Waals surface area contributed by atoms with Gasteiger partial charge in [0.15, 0.2) is 6.61 Å². The Hall–Kier alpha value is -2.97. The van der Waals surface area contributed by atoms with E-state index in [9.17, 15) is 14.4 Å². The number of hydrogen-bond donors (Lipinski definition) is 1. The minimum absolute atomic E-state index is 0.136. The molecule has 0 saturated carbocycles. The standard InChI is InChI=1S/C14H16N4O5/c1-3-18-11-6-5-9(7-10(11)16-17-18)13(20)23-8-12(19)15-14(21)22-4-2/h5-7H,3-4,8H2,1-2H3,(H,15,19,21). The summed E-state index contributed by atoms with van der Waals surface area (Å²) in [7, 11) is 0. The summed E-state index contributed by atoms with van der Waals surface area (Å²) in [4.78, 5) is 34.3. The van der Waals surface area contributed by atoms with Crippen LogP contribution in [0.15, 0.2) is 18.2 Å². The predicted molar refractivity (Wildman–Crippen MR) is 78.6 cm³/mol. The molecular formula is C14H16N4O5. The third kappa shape index (κ3) is 4.02. The van der Waals surface area contributed by atoms with Gasteiger partial charge in [0, 0.05) is 6.54 Å². The van der Waals surface area contributed by atoms with Gasteiger partial charge >= 0.3 is 12.1 Å². The molecule has 0 aliphatic rings. The van der Waals surface area contributed by atoms with E-state index < -0.39 is 24.6 Å². The average molecular weight is 320 g/mol. The first-order valence-electron chi connectivity index (χ1n) is 7.02. The van der Waals surface area contributed by atoms with Gasteiger partial charge in [-0.25, -0.2) is 14.3 Å². The van der Waals surface area contributed by atoms with E-state index in [1.807, 2.05) is 12.2 Å². The molecule has 0 atom stereocenters. The molecule has 0 aliphatic carbocycles. The van der Waals surface area contributed by atoms with Gasteiger partial charge in [-0.1, -0.05) is 5.21 Å². The van der Waals surface area contributed by atoms with Crippen molar-refractivity contribution in [1.82, 2.24) is 20.3 Å². The molecule has 122 valence electrons. The van der Waals surface area contributed by atoms with E-state index >= 15 is 0 Å². The van der Waals surface area contributed by atoms with Crippen molar-refractivity contribution in [3.05, 3.63) is 23.8 Å². The second-order valence-electron chi connectivity index (χ2n) is 4.45. The molecule has 0 radical (unpaired) electrons. The van der Waals surface area contributed by atoms with Crippen molar-refractivity contribution in [2.24, 2.45) is 0 Å². The molecule has 1 aromatic heterocycles. The zero-order chi connectivity index (χ0) is 16.8. The van der Waals surface area contributed by atoms with Crippen molar-refractivity contribution >= 4 is 29.0 Å². The number of carbonyl (C=O) groups excluding carboxylic acids is 3. The summed E-state index contributed by atoms with van der Waals surface area (Å²) in [5.41, 5.74) is 1.59. The second kappa shape index (κ2) is 7.34. The first kappa shape index (κ1) is 16.4. The van der Waals surface area contributed by atoms with Gasteiger partial charge in [0.1, 0.15) is 5.52 Å². The fourth-order valence-corrected chi connectivity index (χ4v) is 1.86. The smallest absolute Gasteiger partial charge is 0.413 e. The van der Waals surface area contributed by atoms with Gasteiger partial charge in [-0.2, -0.15) is 0 Å². The lowest BCUT2D eigenvalue weighted by Crippen LogP contribution is -2.34. The maximum absolute atomic E-state index is 11.9. The lowest BCUT2D eigenvalue weighted by atomic mass is 10.2. The molecule has 2 aromatic rings. The molecule has 0 unspecified atom stereocenters. The highest BCUT2D eigenvalue weighted by molar-refractivity contribution is 5.96. The average Bonchev–Trinajstić information content (AvgIpc) is 2.94. The zero-order valence-electron chi connectivity index (χ0n) is 12.7. The van der Waals surface area contributed by atoms with E-state index in [4.69, 9.17) is 4.74 Å². The number of amides is 2. The molecule has 1 heterocycles. The Labute approximate surface area is 131 Å². The number of fused-ring (bicyclic) bond motifs is 1. The van der Waals surface area contributed by atoms with Gasteiger partial charge in [-0.05, 0) is 32.0 Å². The van der Waals surface area contributed by atoms with E-state index in [2.05, 4.69) is 15.0 Å². The largest absolute Gasteiger partial charge is 0.452 e. The van der Waals surface area contributed by atoms with Gasteiger partial charge in [-0.3, -0.25) is 10.1 Å². The molecule has 1 N–H and O–H groups in total. The topological polar surface area (TPSA) is 112 Å². The fraction of sp³-hybridized carbons (Fsp3) is 0.357. The van der Waals surface area contributed by atoms with E-state index in [1.54, 1.807) is 23.7 Å². The predicted octanol–water partition coefficient (Wildman–Crippen LogP) is 0.881. The number of alkyl carbamates (subject to hydrolysis) is 1. The molecular weight excluding hydrogens is 304 g/mol. The third-order valence-corrected chi connectivity index (χ3v) is 2.90. The van der Waals surface area contributed by atoms with Crippen LogP contribution in [0, 0.1) is 0 Å². The molecule has 2 rings (SSSR count). The molecule has 9 nitrogen and oxygen atoms in total. The summed E-state index contributed by atoms with van der Waals surface area (Å²) < 4.78 is 11.1. The van der Waals surface area contributed by atoms with Crippen LogP contribution in [-0.2, 0) is 20.8 Å². The number of aromatic nitrogens is 3. The summed E-state index contributed by atoms with van der Waals surface area (Å²) in [6.45, 7) is 3.75. The number of benzene rings is 1. The number of carbonyl (C=O) groups is 3. The Morgan fingerprint density at radius 1 is 1.22 bits per heavy atom. The summed E-state index contributed by atoms with van der Waals surface area (Å²) in [5.74, 6) is -1.47. The highest BCUT2D eigenvalue weighted by atomic mass is 16.6. The van der Waals surface area contributed by atoms with Crippen LogP contribution in [0.4, 0.5) is 4.79 Å². The molecule has 2 amide bonds. The van der Waals surface area contributed by atoms with Gasteiger partial charge in [0.2, 0.25) is 0 Å². The summed E-state index contributed by atoms with van der Waals surface area (Å²) >= 11 is 0. The number of ether oxygens (including phenoxy) is 2. The van der Waals surface area contributed by atoms with E-state index in [-0.39, 0.29) is 12.2 Å². The van der Waals surface area contributed by atoms with Crippen LogP contribution in [0.1, 0.15) is 24.2 Å². The van der Waals surface area contributed by atoms with E-state index in [0.717, 1.165) is 5.52 Å². The lowest BCUT2D eigenvalue weighted by Gasteiger charge is -2.06. The van der Waals surface area contributed by atoms with Crippen LogP contribution in [0.5, 0.6) is 0 Å². The lowest BCUT2D eigenvalue weighted by molar-refractivity contribution is -0.123. The van der Waals surface area contributed by atoms with Crippen molar-refractivity contribution in [3.63, 3.8) is 0 Å². The summed E-state index contributed by atoms with van der Waals surface area (Å²) in [6.07, 6.45) is -0.883. The van der Waals surface area contributed by atoms with Gasteiger partial charge in [-0.15, -0.1) is 5.10 Å². The van der Waals surface area contributed by atoms with E-state index in [0.29, 0.717) is 12.1 Å². The van der Waals surface area contributed by atoms with Crippen LogP contribution >= 0.6 is 0 Å². The minimum Gasteiger partial charge on any atom is -0.452 e. The SMILES string of the molecule is CCOC(=O)NC(=O)COC(=O)c1ccc2c(c1)nnn2CC. The Kier molecular flexibility index (Phi) is 5.23. The fourth-order valence-electron chi connectivity index (χ4n) is 1.86.